The lowest BCUT2D eigenvalue weighted by molar-refractivity contribution is -0.121. The van der Waals surface area contributed by atoms with Crippen molar-refractivity contribution in [2.45, 2.75) is 25.7 Å². The minimum absolute atomic E-state index is 0.000303. The number of rotatable bonds is 8. The fourth-order valence-corrected chi connectivity index (χ4v) is 1.69. The SMILES string of the molecule is COc1ccc(CCC(=O)NCCCC(N)=NO)cc1. The minimum atomic E-state index is 0.000303. The fourth-order valence-electron chi connectivity index (χ4n) is 1.69. The molecule has 1 rings (SSSR count). The molecule has 6 heteroatoms. The van der Waals surface area contributed by atoms with Gasteiger partial charge in [-0.2, -0.15) is 0 Å². The molecular formula is C14H21N3O3. The van der Waals surface area contributed by atoms with Gasteiger partial charge in [0.1, 0.15) is 11.6 Å². The van der Waals surface area contributed by atoms with Gasteiger partial charge in [0.25, 0.3) is 0 Å². The maximum Gasteiger partial charge on any atom is 0.220 e. The standard InChI is InChI=1S/C14H21N3O3/c1-20-12-7-4-11(5-8-12)6-9-14(18)16-10-2-3-13(15)17-19/h4-5,7-8,19H,2-3,6,9-10H2,1H3,(H2,15,17)(H,16,18). The molecule has 0 fully saturated rings. The van der Waals surface area contributed by atoms with E-state index in [0.717, 1.165) is 11.3 Å². The molecule has 0 unspecified atom stereocenters. The molecule has 20 heavy (non-hydrogen) atoms. The van der Waals surface area contributed by atoms with Crippen molar-refractivity contribution in [2.24, 2.45) is 10.9 Å². The molecule has 0 aliphatic rings. The van der Waals surface area contributed by atoms with E-state index in [1.165, 1.54) is 0 Å². The Balaban J connectivity index is 2.19. The molecule has 0 radical (unpaired) electrons. The van der Waals surface area contributed by atoms with Crippen LogP contribution in [0.5, 0.6) is 5.75 Å². The summed E-state index contributed by atoms with van der Waals surface area (Å²) in [6.45, 7) is 0.525. The van der Waals surface area contributed by atoms with Crippen LogP contribution in [-0.2, 0) is 11.2 Å². The summed E-state index contributed by atoms with van der Waals surface area (Å²) < 4.78 is 5.07. The summed E-state index contributed by atoms with van der Waals surface area (Å²) in [6, 6.07) is 7.66. The van der Waals surface area contributed by atoms with Crippen molar-refractivity contribution in [3.63, 3.8) is 0 Å². The topological polar surface area (TPSA) is 96.9 Å². The van der Waals surface area contributed by atoms with Crippen LogP contribution in [0.1, 0.15) is 24.8 Å². The zero-order chi connectivity index (χ0) is 14.8. The van der Waals surface area contributed by atoms with Crippen LogP contribution in [0.15, 0.2) is 29.4 Å². The highest BCUT2D eigenvalue weighted by atomic mass is 16.5. The summed E-state index contributed by atoms with van der Waals surface area (Å²) in [4.78, 5) is 11.6. The highest BCUT2D eigenvalue weighted by molar-refractivity contribution is 5.79. The first kappa shape index (κ1) is 15.8. The molecule has 1 aromatic carbocycles. The van der Waals surface area contributed by atoms with Gasteiger partial charge in [-0.25, -0.2) is 0 Å². The van der Waals surface area contributed by atoms with Crippen molar-refractivity contribution in [3.8, 4) is 5.75 Å². The Morgan fingerprint density at radius 1 is 1.35 bits per heavy atom. The minimum Gasteiger partial charge on any atom is -0.497 e. The molecular weight excluding hydrogens is 258 g/mol. The Labute approximate surface area is 118 Å². The van der Waals surface area contributed by atoms with E-state index in [2.05, 4.69) is 10.5 Å². The zero-order valence-corrected chi connectivity index (χ0v) is 11.6. The van der Waals surface area contributed by atoms with Crippen molar-refractivity contribution < 1.29 is 14.7 Å². The Morgan fingerprint density at radius 3 is 2.65 bits per heavy atom. The van der Waals surface area contributed by atoms with E-state index in [1.54, 1.807) is 7.11 Å². The van der Waals surface area contributed by atoms with Gasteiger partial charge in [0.2, 0.25) is 5.91 Å². The van der Waals surface area contributed by atoms with Gasteiger partial charge < -0.3 is 21.0 Å². The second kappa shape index (κ2) is 8.79. The number of oxime groups is 1. The van der Waals surface area contributed by atoms with Gasteiger partial charge in [-0.1, -0.05) is 17.3 Å². The van der Waals surface area contributed by atoms with Crippen LogP contribution in [0, 0.1) is 0 Å². The molecule has 0 bridgehead atoms. The lowest BCUT2D eigenvalue weighted by atomic mass is 10.1. The number of nitrogens with one attached hydrogen (secondary N) is 1. The van der Waals surface area contributed by atoms with Crippen LogP contribution < -0.4 is 15.8 Å². The van der Waals surface area contributed by atoms with Crippen LogP contribution in [0.4, 0.5) is 0 Å². The van der Waals surface area contributed by atoms with E-state index in [1.807, 2.05) is 24.3 Å². The first-order valence-electron chi connectivity index (χ1n) is 6.51. The average Bonchev–Trinajstić information content (AvgIpc) is 2.49. The highest BCUT2D eigenvalue weighted by Crippen LogP contribution is 2.12. The van der Waals surface area contributed by atoms with E-state index in [4.69, 9.17) is 15.7 Å². The fraction of sp³-hybridized carbons (Fsp3) is 0.429. The number of ether oxygens (including phenoxy) is 1. The third kappa shape index (κ3) is 6.08. The van der Waals surface area contributed by atoms with Crippen LogP contribution in [0.25, 0.3) is 0 Å². The number of nitrogens with two attached hydrogens (primary N) is 1. The molecule has 0 saturated heterocycles. The van der Waals surface area contributed by atoms with Crippen LogP contribution in [0.3, 0.4) is 0 Å². The van der Waals surface area contributed by atoms with Gasteiger partial charge in [0.05, 0.1) is 7.11 Å². The highest BCUT2D eigenvalue weighted by Gasteiger charge is 2.02. The summed E-state index contributed by atoms with van der Waals surface area (Å²) in [6.07, 6.45) is 2.26. The van der Waals surface area contributed by atoms with Crippen molar-refractivity contribution in [3.05, 3.63) is 29.8 Å². The average molecular weight is 279 g/mol. The number of carbonyl (C=O) groups excluding carboxylic acids is 1. The van der Waals surface area contributed by atoms with E-state index < -0.39 is 0 Å². The molecule has 6 nitrogen and oxygen atoms in total. The molecule has 0 saturated carbocycles. The van der Waals surface area contributed by atoms with Gasteiger partial charge in [-0.3, -0.25) is 4.79 Å². The largest absolute Gasteiger partial charge is 0.497 e. The van der Waals surface area contributed by atoms with E-state index in [-0.39, 0.29) is 11.7 Å². The van der Waals surface area contributed by atoms with Crippen molar-refractivity contribution in [2.75, 3.05) is 13.7 Å². The molecule has 0 aliphatic carbocycles. The predicted octanol–water partition coefficient (Wildman–Crippen LogP) is 1.27. The number of hydrogen-bond acceptors (Lipinski definition) is 4. The predicted molar refractivity (Wildman–Crippen MR) is 77.0 cm³/mol. The van der Waals surface area contributed by atoms with Crippen LogP contribution >= 0.6 is 0 Å². The van der Waals surface area contributed by atoms with E-state index in [9.17, 15) is 4.79 Å². The smallest absolute Gasteiger partial charge is 0.220 e. The molecule has 0 atom stereocenters. The quantitative estimate of drug-likeness (QED) is 0.219. The van der Waals surface area contributed by atoms with Gasteiger partial charge in [0.15, 0.2) is 0 Å². The number of carbonyl (C=O) groups is 1. The normalized spacial score (nSPS) is 11.2. The summed E-state index contributed by atoms with van der Waals surface area (Å²) in [7, 11) is 1.62. The molecule has 4 N–H and O–H groups in total. The summed E-state index contributed by atoms with van der Waals surface area (Å²) >= 11 is 0. The summed E-state index contributed by atoms with van der Waals surface area (Å²) in [5, 5.41) is 14.0. The number of amidine groups is 1. The van der Waals surface area contributed by atoms with Crippen molar-refractivity contribution >= 4 is 11.7 Å². The third-order valence-corrected chi connectivity index (χ3v) is 2.86. The Bertz CT molecular complexity index is 443. The Hall–Kier alpha value is -2.24. The maximum absolute atomic E-state index is 11.6. The molecule has 1 amide bonds. The molecule has 110 valence electrons. The van der Waals surface area contributed by atoms with Gasteiger partial charge in [0, 0.05) is 19.4 Å². The lowest BCUT2D eigenvalue weighted by Gasteiger charge is -2.06. The Kier molecular flexibility index (Phi) is 6.95. The van der Waals surface area contributed by atoms with Gasteiger partial charge in [-0.15, -0.1) is 0 Å². The second-order valence-corrected chi connectivity index (χ2v) is 4.39. The zero-order valence-electron chi connectivity index (χ0n) is 11.6. The number of methoxy groups -OCH3 is 1. The van der Waals surface area contributed by atoms with Crippen LogP contribution in [-0.4, -0.2) is 30.6 Å². The van der Waals surface area contributed by atoms with E-state index >= 15 is 0 Å². The third-order valence-electron chi connectivity index (χ3n) is 2.86. The second-order valence-electron chi connectivity index (χ2n) is 4.39. The number of aryl methyl sites for hydroxylation is 1. The molecule has 0 heterocycles. The maximum atomic E-state index is 11.6. The first-order valence-corrected chi connectivity index (χ1v) is 6.51. The molecule has 0 aliphatic heterocycles. The van der Waals surface area contributed by atoms with Crippen molar-refractivity contribution in [1.29, 1.82) is 0 Å². The number of benzene rings is 1. The molecule has 0 spiro atoms. The number of amides is 1. The summed E-state index contributed by atoms with van der Waals surface area (Å²) in [5.41, 5.74) is 6.42. The van der Waals surface area contributed by atoms with E-state index in [0.29, 0.717) is 32.2 Å². The molecule has 1 aromatic rings. The monoisotopic (exact) mass is 279 g/mol. The lowest BCUT2D eigenvalue weighted by Crippen LogP contribution is -2.25. The molecule has 0 aromatic heterocycles. The van der Waals surface area contributed by atoms with Gasteiger partial charge in [-0.05, 0) is 30.5 Å². The summed E-state index contributed by atoms with van der Waals surface area (Å²) in [5.74, 6) is 0.985. The van der Waals surface area contributed by atoms with Crippen molar-refractivity contribution in [1.82, 2.24) is 5.32 Å². The first-order chi connectivity index (χ1) is 9.65. The number of hydrogen-bond donors (Lipinski definition) is 3. The number of nitrogens with zero attached hydrogens (tertiary/aromatic N) is 1. The van der Waals surface area contributed by atoms with Gasteiger partial charge >= 0.3 is 0 Å². The Morgan fingerprint density at radius 2 is 2.05 bits per heavy atom. The van der Waals surface area contributed by atoms with Crippen LogP contribution in [0.2, 0.25) is 0 Å².